The number of aliphatic hydroxyl groups is 2. The first-order valence-corrected chi connectivity index (χ1v) is 14.7. The van der Waals surface area contributed by atoms with Crippen molar-refractivity contribution in [3.8, 4) is 34.8 Å². The SMILES string of the molecule is COc1c2c(cc3c1[C@H](C#CCOc1ccc4c(c1)CC[C@@H]1[C@@H]4CC[C@]4(C)[C@H](O)[C@H](O)C[C@@H]14)N(C)CC3)OCO2. The van der Waals surface area contributed by atoms with Gasteiger partial charge in [-0.05, 0) is 104 Å². The van der Waals surface area contributed by atoms with Crippen LogP contribution in [-0.2, 0) is 12.8 Å². The maximum absolute atomic E-state index is 10.7. The van der Waals surface area contributed by atoms with Gasteiger partial charge in [0.1, 0.15) is 18.4 Å². The Labute approximate surface area is 236 Å². The second-order valence-corrected chi connectivity index (χ2v) is 12.5. The summed E-state index contributed by atoms with van der Waals surface area (Å²) in [6, 6.07) is 8.49. The van der Waals surface area contributed by atoms with Crippen LogP contribution in [0.15, 0.2) is 24.3 Å². The molecular formula is C33H39NO6. The molecule has 0 spiro atoms. The summed E-state index contributed by atoms with van der Waals surface area (Å²) in [5, 5.41) is 21.1. The van der Waals surface area contributed by atoms with Gasteiger partial charge in [-0.3, -0.25) is 4.90 Å². The fourth-order valence-electron chi connectivity index (χ4n) is 8.51. The zero-order valence-electron chi connectivity index (χ0n) is 23.6. The molecule has 0 unspecified atom stereocenters. The van der Waals surface area contributed by atoms with Crippen molar-refractivity contribution < 1.29 is 29.2 Å². The molecule has 2 N–H and O–H groups in total. The van der Waals surface area contributed by atoms with Crippen LogP contribution >= 0.6 is 0 Å². The van der Waals surface area contributed by atoms with Crippen molar-refractivity contribution in [3.63, 3.8) is 0 Å². The smallest absolute Gasteiger partial charge is 0.231 e. The normalized spacial score (nSPS) is 33.6. The number of rotatable bonds is 3. The summed E-state index contributed by atoms with van der Waals surface area (Å²) in [5.74, 6) is 11.1. The second-order valence-electron chi connectivity index (χ2n) is 12.5. The lowest BCUT2D eigenvalue weighted by molar-refractivity contribution is -0.0505. The van der Waals surface area contributed by atoms with E-state index in [1.807, 2.05) is 0 Å². The van der Waals surface area contributed by atoms with Crippen LogP contribution in [0.1, 0.15) is 66.8 Å². The Kier molecular flexibility index (Phi) is 6.42. The van der Waals surface area contributed by atoms with E-state index in [2.05, 4.69) is 55.0 Å². The molecule has 3 aliphatic carbocycles. The Morgan fingerprint density at radius 3 is 2.85 bits per heavy atom. The average molecular weight is 546 g/mol. The number of aryl methyl sites for hydroxylation is 1. The molecular weight excluding hydrogens is 506 g/mol. The van der Waals surface area contributed by atoms with Crippen LogP contribution < -0.4 is 18.9 Å². The first kappa shape index (κ1) is 26.0. The van der Waals surface area contributed by atoms with Crippen molar-refractivity contribution in [3.05, 3.63) is 46.5 Å². The predicted octanol–water partition coefficient (Wildman–Crippen LogP) is 4.22. The van der Waals surface area contributed by atoms with Gasteiger partial charge in [0.2, 0.25) is 12.5 Å². The van der Waals surface area contributed by atoms with Crippen molar-refractivity contribution in [2.45, 2.75) is 69.6 Å². The number of aliphatic hydroxyl groups excluding tert-OH is 2. The minimum atomic E-state index is -0.595. The molecule has 7 atom stereocenters. The Bertz CT molecular complexity index is 1380. The monoisotopic (exact) mass is 545 g/mol. The van der Waals surface area contributed by atoms with Gasteiger partial charge in [0.05, 0.1) is 19.3 Å². The second kappa shape index (κ2) is 9.87. The molecule has 0 amide bonds. The summed E-state index contributed by atoms with van der Waals surface area (Å²) in [6.07, 6.45) is 4.61. The van der Waals surface area contributed by atoms with E-state index in [1.54, 1.807) is 7.11 Å². The van der Waals surface area contributed by atoms with Crippen LogP contribution in [0.4, 0.5) is 0 Å². The lowest BCUT2D eigenvalue weighted by Gasteiger charge is -2.49. The van der Waals surface area contributed by atoms with Crippen LogP contribution in [-0.4, -0.2) is 61.4 Å². The first-order chi connectivity index (χ1) is 19.4. The van der Waals surface area contributed by atoms with Gasteiger partial charge in [0.25, 0.3) is 0 Å². The quantitative estimate of drug-likeness (QED) is 0.559. The van der Waals surface area contributed by atoms with Gasteiger partial charge in [-0.1, -0.05) is 24.8 Å². The minimum absolute atomic E-state index is 0.109. The van der Waals surface area contributed by atoms with Crippen molar-refractivity contribution >= 4 is 0 Å². The van der Waals surface area contributed by atoms with Crippen molar-refractivity contribution in [1.82, 2.24) is 4.90 Å². The van der Waals surface area contributed by atoms with Gasteiger partial charge >= 0.3 is 0 Å². The molecule has 2 aliphatic heterocycles. The van der Waals surface area contributed by atoms with Gasteiger partial charge < -0.3 is 29.2 Å². The summed E-state index contributed by atoms with van der Waals surface area (Å²) in [6.45, 7) is 3.62. The van der Waals surface area contributed by atoms with E-state index >= 15 is 0 Å². The zero-order valence-corrected chi connectivity index (χ0v) is 23.6. The Balaban J connectivity index is 1.06. The van der Waals surface area contributed by atoms with Crippen LogP contribution in [0, 0.1) is 29.1 Å². The van der Waals surface area contributed by atoms with Gasteiger partial charge in [-0.15, -0.1) is 0 Å². The molecule has 2 fully saturated rings. The number of hydrogen-bond donors (Lipinski definition) is 2. The molecule has 2 aromatic rings. The average Bonchev–Trinajstić information content (AvgIpc) is 3.52. The third kappa shape index (κ3) is 3.99. The molecule has 212 valence electrons. The van der Waals surface area contributed by atoms with E-state index in [9.17, 15) is 10.2 Å². The number of nitrogens with zero attached hydrogens (tertiary/aromatic N) is 1. The van der Waals surface area contributed by atoms with Crippen LogP contribution in [0.5, 0.6) is 23.0 Å². The van der Waals surface area contributed by atoms with E-state index in [-0.39, 0.29) is 18.2 Å². The highest BCUT2D eigenvalue weighted by Gasteiger charge is 2.57. The summed E-state index contributed by atoms with van der Waals surface area (Å²) < 4.78 is 23.2. The van der Waals surface area contributed by atoms with E-state index in [1.165, 1.54) is 16.7 Å². The fraction of sp³-hybridized carbons (Fsp3) is 0.576. The molecule has 2 heterocycles. The summed E-state index contributed by atoms with van der Waals surface area (Å²) in [5.41, 5.74) is 4.90. The third-order valence-corrected chi connectivity index (χ3v) is 10.6. The number of methoxy groups -OCH3 is 1. The number of benzene rings is 2. The molecule has 5 aliphatic rings. The Morgan fingerprint density at radius 1 is 1.12 bits per heavy atom. The topological polar surface area (TPSA) is 80.6 Å². The van der Waals surface area contributed by atoms with Crippen LogP contribution in [0.3, 0.4) is 0 Å². The molecule has 0 bridgehead atoms. The van der Waals surface area contributed by atoms with E-state index < -0.39 is 12.2 Å². The number of hydrogen-bond acceptors (Lipinski definition) is 7. The first-order valence-electron chi connectivity index (χ1n) is 14.7. The van der Waals surface area contributed by atoms with Crippen molar-refractivity contribution in [2.24, 2.45) is 17.3 Å². The van der Waals surface area contributed by atoms with Crippen molar-refractivity contribution in [2.75, 3.05) is 34.1 Å². The van der Waals surface area contributed by atoms with Crippen molar-refractivity contribution in [1.29, 1.82) is 0 Å². The maximum Gasteiger partial charge on any atom is 0.231 e. The largest absolute Gasteiger partial charge is 0.492 e. The van der Waals surface area contributed by atoms with E-state index in [0.717, 1.165) is 67.9 Å². The van der Waals surface area contributed by atoms with E-state index in [0.29, 0.717) is 30.1 Å². The van der Waals surface area contributed by atoms with Gasteiger partial charge in [0, 0.05) is 12.1 Å². The lowest BCUT2D eigenvalue weighted by Crippen LogP contribution is -2.44. The Morgan fingerprint density at radius 2 is 2.00 bits per heavy atom. The molecule has 0 saturated heterocycles. The molecule has 2 saturated carbocycles. The highest BCUT2D eigenvalue weighted by Crippen LogP contribution is 2.61. The highest BCUT2D eigenvalue weighted by atomic mass is 16.7. The lowest BCUT2D eigenvalue weighted by atomic mass is 9.55. The van der Waals surface area contributed by atoms with Gasteiger partial charge in [0.15, 0.2) is 11.5 Å². The molecule has 0 aromatic heterocycles. The maximum atomic E-state index is 10.7. The molecule has 2 aromatic carbocycles. The number of ether oxygens (including phenoxy) is 4. The highest BCUT2D eigenvalue weighted by molar-refractivity contribution is 5.63. The number of likely N-dealkylation sites (N-methyl/N-ethyl adjacent to an activating group) is 1. The van der Waals surface area contributed by atoms with Crippen LogP contribution in [0.25, 0.3) is 0 Å². The van der Waals surface area contributed by atoms with Gasteiger partial charge in [-0.25, -0.2) is 0 Å². The minimum Gasteiger partial charge on any atom is -0.492 e. The summed E-state index contributed by atoms with van der Waals surface area (Å²) in [4.78, 5) is 2.24. The molecule has 7 nitrogen and oxygen atoms in total. The fourth-order valence-corrected chi connectivity index (χ4v) is 8.51. The van der Waals surface area contributed by atoms with Crippen LogP contribution in [0.2, 0.25) is 0 Å². The third-order valence-electron chi connectivity index (χ3n) is 10.6. The summed E-state index contributed by atoms with van der Waals surface area (Å²) in [7, 11) is 3.76. The zero-order chi connectivity index (χ0) is 27.6. The molecule has 7 rings (SSSR count). The number of fused-ring (bicyclic) bond motifs is 7. The van der Waals surface area contributed by atoms with Gasteiger partial charge in [-0.2, -0.15) is 0 Å². The van der Waals surface area contributed by atoms with E-state index in [4.69, 9.17) is 18.9 Å². The Hall–Kier alpha value is -2.92. The molecule has 0 radical (unpaired) electrons. The molecule has 40 heavy (non-hydrogen) atoms. The standard InChI is InChI=1S/C33H39NO6/c1-33-12-10-23-22-9-7-21(15-19(22)6-8-24(23)25(33)17-27(35)32(33)36)38-14-4-5-26-29-20(11-13-34(26)2)16-28-30(31(29)37-3)40-18-39-28/h7,9,15-16,23-27,32,35-36H,6,8,10-14,17-18H2,1-3H3/t23-,24-,25+,26+,27-,32-,33+/m1/s1. The predicted molar refractivity (Wildman–Crippen MR) is 150 cm³/mol. The summed E-state index contributed by atoms with van der Waals surface area (Å²) >= 11 is 0. The molecule has 7 heteroatoms.